The van der Waals surface area contributed by atoms with Gasteiger partial charge < -0.3 is 20.8 Å². The van der Waals surface area contributed by atoms with Gasteiger partial charge in [-0.3, -0.25) is 14.7 Å². The van der Waals surface area contributed by atoms with Gasteiger partial charge in [-0.15, -0.1) is 0 Å². The van der Waals surface area contributed by atoms with E-state index in [1.807, 2.05) is 6.07 Å². The number of hydrogen-bond acceptors (Lipinski definition) is 4. The normalized spacial score (nSPS) is 15.2. The Balaban J connectivity index is 1.70. The molecule has 11 heteroatoms. The third kappa shape index (κ3) is 5.08. The van der Waals surface area contributed by atoms with Crippen LogP contribution in [0.25, 0.3) is 10.9 Å². The molecule has 0 unspecified atom stereocenters. The quantitative estimate of drug-likeness (QED) is 0.396. The Kier molecular flexibility index (Phi) is 6.23. The van der Waals surface area contributed by atoms with Crippen molar-refractivity contribution in [2.45, 2.75) is 25.6 Å². The monoisotopic (exact) mass is 460 g/mol. The van der Waals surface area contributed by atoms with Crippen molar-refractivity contribution in [1.29, 1.82) is 0 Å². The number of nitrogens with zero attached hydrogens (tertiary/aromatic N) is 3. The number of hydrogen-bond donors (Lipinski definition) is 3. The van der Waals surface area contributed by atoms with Gasteiger partial charge in [0.15, 0.2) is 11.7 Å². The highest BCUT2D eigenvalue weighted by molar-refractivity contribution is 6.05. The molecule has 4 rings (SSSR count). The number of guanidine groups is 1. The lowest BCUT2D eigenvalue weighted by Gasteiger charge is -2.15. The van der Waals surface area contributed by atoms with Gasteiger partial charge in [-0.1, -0.05) is 0 Å². The standard InChI is InChI=1S/C22H23F3N6O2/c1-27-21(26)30-20(32)17-9-15-16(22(23,24)25)4-5-18(19(15)29-17)33-14-8-13(10-28-11-14)12-31-6-2-3-7-31/h4-5,8-11,29H,2-3,6-7,12H2,1H3,(H3,26,27,30,32). The van der Waals surface area contributed by atoms with Gasteiger partial charge in [0.25, 0.3) is 5.91 Å². The highest BCUT2D eigenvalue weighted by Crippen LogP contribution is 2.40. The molecule has 1 aliphatic rings. The summed E-state index contributed by atoms with van der Waals surface area (Å²) in [7, 11) is 1.47. The number of likely N-dealkylation sites (tertiary alicyclic amines) is 1. The van der Waals surface area contributed by atoms with Crippen LogP contribution in [0, 0.1) is 0 Å². The number of amides is 1. The van der Waals surface area contributed by atoms with Gasteiger partial charge in [-0.25, -0.2) is 0 Å². The Morgan fingerprint density at radius 3 is 2.73 bits per heavy atom. The van der Waals surface area contributed by atoms with Crippen LogP contribution in [0.2, 0.25) is 0 Å². The minimum absolute atomic E-state index is 0.0244. The first kappa shape index (κ1) is 22.6. The molecule has 3 aromatic rings. The van der Waals surface area contributed by atoms with E-state index in [1.165, 1.54) is 19.3 Å². The maximum Gasteiger partial charge on any atom is 0.417 e. The topological polar surface area (TPSA) is 109 Å². The number of nitrogens with two attached hydrogens (primary N) is 1. The van der Waals surface area contributed by atoms with Crippen LogP contribution >= 0.6 is 0 Å². The summed E-state index contributed by atoms with van der Waals surface area (Å²) in [6.07, 6.45) is 0.923. The van der Waals surface area contributed by atoms with Crippen molar-refractivity contribution in [3.05, 3.63) is 53.5 Å². The zero-order valence-corrected chi connectivity index (χ0v) is 17.9. The fourth-order valence-corrected chi connectivity index (χ4v) is 3.80. The molecule has 1 aromatic carbocycles. The molecule has 1 amide bonds. The Morgan fingerprint density at radius 2 is 2.03 bits per heavy atom. The molecule has 0 radical (unpaired) electrons. The van der Waals surface area contributed by atoms with Crippen molar-refractivity contribution >= 4 is 22.8 Å². The summed E-state index contributed by atoms with van der Waals surface area (Å²) in [5.74, 6) is -0.464. The predicted molar refractivity (Wildman–Crippen MR) is 117 cm³/mol. The van der Waals surface area contributed by atoms with Crippen LogP contribution in [0.4, 0.5) is 13.2 Å². The number of carbonyl (C=O) groups is 1. The van der Waals surface area contributed by atoms with Gasteiger partial charge in [0, 0.05) is 25.2 Å². The van der Waals surface area contributed by atoms with E-state index in [2.05, 4.69) is 25.2 Å². The molecule has 0 saturated carbocycles. The van der Waals surface area contributed by atoms with E-state index in [1.54, 1.807) is 6.20 Å². The predicted octanol–water partition coefficient (Wildman–Crippen LogP) is 3.64. The second-order valence-corrected chi connectivity index (χ2v) is 7.75. The van der Waals surface area contributed by atoms with Crippen LogP contribution in [-0.2, 0) is 12.7 Å². The van der Waals surface area contributed by atoms with Gasteiger partial charge in [0.2, 0.25) is 0 Å². The average molecular weight is 460 g/mol. The number of rotatable bonds is 5. The Morgan fingerprint density at radius 1 is 1.27 bits per heavy atom. The van der Waals surface area contributed by atoms with E-state index < -0.39 is 17.6 Å². The largest absolute Gasteiger partial charge is 0.454 e. The van der Waals surface area contributed by atoms with E-state index in [0.717, 1.165) is 50.2 Å². The number of aliphatic imine (C=N–C) groups is 1. The fraction of sp³-hybridized carbons (Fsp3) is 0.318. The van der Waals surface area contributed by atoms with E-state index in [-0.39, 0.29) is 28.3 Å². The lowest BCUT2D eigenvalue weighted by atomic mass is 10.1. The number of aromatic nitrogens is 2. The third-order valence-electron chi connectivity index (χ3n) is 5.37. The van der Waals surface area contributed by atoms with Crippen LogP contribution in [-0.4, -0.2) is 46.9 Å². The lowest BCUT2D eigenvalue weighted by Crippen LogP contribution is -2.28. The first-order valence-electron chi connectivity index (χ1n) is 10.4. The Labute approximate surface area is 187 Å². The molecule has 33 heavy (non-hydrogen) atoms. The van der Waals surface area contributed by atoms with E-state index in [0.29, 0.717) is 5.75 Å². The number of fused-ring (bicyclic) bond motifs is 1. The van der Waals surface area contributed by atoms with Crippen molar-refractivity contribution in [1.82, 2.24) is 20.2 Å². The molecule has 0 spiro atoms. The maximum absolute atomic E-state index is 13.6. The smallest absolute Gasteiger partial charge is 0.417 e. The van der Waals surface area contributed by atoms with Gasteiger partial charge in [-0.05, 0) is 55.8 Å². The number of pyridine rings is 1. The summed E-state index contributed by atoms with van der Waals surface area (Å²) in [6.45, 7) is 2.76. The maximum atomic E-state index is 13.6. The molecular weight excluding hydrogens is 437 g/mol. The number of benzene rings is 1. The summed E-state index contributed by atoms with van der Waals surface area (Å²) in [5, 5.41) is 2.28. The second-order valence-electron chi connectivity index (χ2n) is 7.75. The van der Waals surface area contributed by atoms with Gasteiger partial charge in [0.05, 0.1) is 17.3 Å². The summed E-state index contributed by atoms with van der Waals surface area (Å²) in [5.41, 5.74) is 5.42. The molecule has 1 saturated heterocycles. The van der Waals surface area contributed by atoms with Crippen LogP contribution in [0.3, 0.4) is 0 Å². The van der Waals surface area contributed by atoms with Crippen molar-refractivity contribution in [2.75, 3.05) is 20.1 Å². The molecule has 4 N–H and O–H groups in total. The molecule has 3 heterocycles. The number of aromatic amines is 1. The van der Waals surface area contributed by atoms with Crippen LogP contribution in [0.15, 0.2) is 41.7 Å². The number of ether oxygens (including phenoxy) is 1. The van der Waals surface area contributed by atoms with Crippen LogP contribution < -0.4 is 15.8 Å². The second kappa shape index (κ2) is 9.10. The first-order chi connectivity index (χ1) is 15.7. The minimum atomic E-state index is -4.62. The fourth-order valence-electron chi connectivity index (χ4n) is 3.80. The molecule has 2 aromatic heterocycles. The van der Waals surface area contributed by atoms with Crippen molar-refractivity contribution in [3.63, 3.8) is 0 Å². The number of halogens is 3. The van der Waals surface area contributed by atoms with Crippen molar-refractivity contribution in [2.24, 2.45) is 10.7 Å². The average Bonchev–Trinajstić information content (AvgIpc) is 3.43. The zero-order chi connectivity index (χ0) is 23.6. The molecule has 0 atom stereocenters. The third-order valence-corrected chi connectivity index (χ3v) is 5.37. The first-order valence-corrected chi connectivity index (χ1v) is 10.4. The van der Waals surface area contributed by atoms with Gasteiger partial charge in [-0.2, -0.15) is 18.2 Å². The number of nitrogens with one attached hydrogen (secondary N) is 2. The summed E-state index contributed by atoms with van der Waals surface area (Å²) in [4.78, 5) is 25.2. The molecule has 0 bridgehead atoms. The van der Waals surface area contributed by atoms with Gasteiger partial charge in [0.1, 0.15) is 11.4 Å². The van der Waals surface area contributed by atoms with E-state index in [9.17, 15) is 18.0 Å². The molecule has 8 nitrogen and oxygen atoms in total. The van der Waals surface area contributed by atoms with E-state index in [4.69, 9.17) is 10.5 Å². The molecular formula is C22H23F3N6O2. The van der Waals surface area contributed by atoms with Crippen molar-refractivity contribution < 1.29 is 22.7 Å². The summed E-state index contributed by atoms with van der Waals surface area (Å²) in [6, 6.07) is 5.05. The minimum Gasteiger partial charge on any atom is -0.454 e. The highest BCUT2D eigenvalue weighted by Gasteiger charge is 2.34. The number of carbonyl (C=O) groups excluding carboxylic acids is 1. The zero-order valence-electron chi connectivity index (χ0n) is 17.9. The Hall–Kier alpha value is -3.60. The van der Waals surface area contributed by atoms with Crippen LogP contribution in [0.1, 0.15) is 34.5 Å². The number of alkyl halides is 3. The lowest BCUT2D eigenvalue weighted by molar-refractivity contribution is -0.136. The Bertz CT molecular complexity index is 1200. The van der Waals surface area contributed by atoms with Gasteiger partial charge >= 0.3 is 6.18 Å². The van der Waals surface area contributed by atoms with Crippen LogP contribution in [0.5, 0.6) is 11.5 Å². The number of H-pyrrole nitrogens is 1. The summed E-state index contributed by atoms with van der Waals surface area (Å²) < 4.78 is 46.7. The highest BCUT2D eigenvalue weighted by atomic mass is 19.4. The molecule has 1 fully saturated rings. The summed E-state index contributed by atoms with van der Waals surface area (Å²) >= 11 is 0. The SMILES string of the molecule is CNC(N)=NC(=O)c1cc2c(C(F)(F)F)ccc(Oc3cncc(CN4CCCC4)c3)c2[nH]1. The molecule has 0 aliphatic carbocycles. The molecule has 174 valence electrons. The molecule has 1 aliphatic heterocycles. The van der Waals surface area contributed by atoms with Crippen molar-refractivity contribution in [3.8, 4) is 11.5 Å². The van der Waals surface area contributed by atoms with E-state index >= 15 is 0 Å².